The molecular weight excluding hydrogens is 423 g/mol. The molecule has 4 rings (SSSR count). The highest BCUT2D eigenvalue weighted by Crippen LogP contribution is 2.40. The number of ketones is 1. The van der Waals surface area contributed by atoms with E-state index < -0.39 is 23.5 Å². The molecule has 1 amide bonds. The number of carbonyl (C=O) groups excluding carboxylic acids is 2. The number of aromatic nitrogens is 1. The van der Waals surface area contributed by atoms with Crippen LogP contribution in [0.3, 0.4) is 0 Å². The molecule has 1 atom stereocenters. The molecule has 0 bridgehead atoms. The van der Waals surface area contributed by atoms with Crippen LogP contribution in [0.5, 0.6) is 5.75 Å². The van der Waals surface area contributed by atoms with E-state index in [0.29, 0.717) is 22.4 Å². The van der Waals surface area contributed by atoms with E-state index in [9.17, 15) is 19.1 Å². The van der Waals surface area contributed by atoms with Crippen LogP contribution in [0.2, 0.25) is 0 Å². The quantitative estimate of drug-likeness (QED) is 0.339. The minimum absolute atomic E-state index is 0.0307. The van der Waals surface area contributed by atoms with Crippen LogP contribution in [0, 0.1) is 5.82 Å². The molecular formula is C26H23FN2O4. The topological polar surface area (TPSA) is 79.7 Å². The van der Waals surface area contributed by atoms with Crippen molar-refractivity contribution in [1.82, 2.24) is 9.88 Å². The molecule has 0 aliphatic carbocycles. The van der Waals surface area contributed by atoms with Gasteiger partial charge in [-0.2, -0.15) is 0 Å². The lowest BCUT2D eigenvalue weighted by Crippen LogP contribution is -2.29. The number of aliphatic hydroxyl groups is 1. The van der Waals surface area contributed by atoms with E-state index >= 15 is 0 Å². The van der Waals surface area contributed by atoms with Gasteiger partial charge in [0.25, 0.3) is 11.7 Å². The average Bonchev–Trinajstić information content (AvgIpc) is 3.05. The highest BCUT2D eigenvalue weighted by molar-refractivity contribution is 6.46. The molecule has 168 valence electrons. The normalized spacial score (nSPS) is 17.6. The molecule has 1 aromatic heterocycles. The van der Waals surface area contributed by atoms with Crippen molar-refractivity contribution in [3.8, 4) is 5.75 Å². The van der Waals surface area contributed by atoms with E-state index in [1.807, 2.05) is 13.8 Å². The Kier molecular flexibility index (Phi) is 6.22. The first-order valence-electron chi connectivity index (χ1n) is 10.5. The largest absolute Gasteiger partial charge is 0.507 e. The third kappa shape index (κ3) is 4.62. The predicted octanol–water partition coefficient (Wildman–Crippen LogP) is 4.63. The van der Waals surface area contributed by atoms with Gasteiger partial charge in [0.2, 0.25) is 0 Å². The molecule has 0 spiro atoms. The van der Waals surface area contributed by atoms with E-state index in [0.717, 1.165) is 0 Å². The number of rotatable bonds is 6. The van der Waals surface area contributed by atoms with Crippen molar-refractivity contribution in [3.05, 3.63) is 101 Å². The third-order valence-electron chi connectivity index (χ3n) is 5.29. The number of hydrogen-bond acceptors (Lipinski definition) is 5. The Morgan fingerprint density at radius 3 is 2.55 bits per heavy atom. The molecule has 1 saturated heterocycles. The Morgan fingerprint density at radius 1 is 1.12 bits per heavy atom. The van der Waals surface area contributed by atoms with Crippen LogP contribution in [0.25, 0.3) is 5.76 Å². The van der Waals surface area contributed by atoms with Crippen LogP contribution >= 0.6 is 0 Å². The maximum absolute atomic E-state index is 13.4. The highest BCUT2D eigenvalue weighted by Gasteiger charge is 2.46. The van der Waals surface area contributed by atoms with Crippen molar-refractivity contribution in [3.63, 3.8) is 0 Å². The van der Waals surface area contributed by atoms with Crippen molar-refractivity contribution in [2.75, 3.05) is 0 Å². The van der Waals surface area contributed by atoms with E-state index in [4.69, 9.17) is 4.74 Å². The molecule has 1 aliphatic heterocycles. The molecule has 1 aliphatic rings. The molecule has 2 heterocycles. The molecule has 1 unspecified atom stereocenters. The predicted molar refractivity (Wildman–Crippen MR) is 121 cm³/mol. The number of Topliss-reactive ketones (excluding diaryl/α,β-unsaturated/α-hetero) is 1. The maximum Gasteiger partial charge on any atom is 0.295 e. The van der Waals surface area contributed by atoms with Crippen LogP contribution in [-0.4, -0.2) is 32.8 Å². The molecule has 33 heavy (non-hydrogen) atoms. The second-order valence-corrected chi connectivity index (χ2v) is 8.03. The van der Waals surface area contributed by atoms with Crippen molar-refractivity contribution >= 4 is 17.4 Å². The average molecular weight is 446 g/mol. The van der Waals surface area contributed by atoms with E-state index in [-0.39, 0.29) is 24.0 Å². The Morgan fingerprint density at radius 2 is 1.88 bits per heavy atom. The van der Waals surface area contributed by atoms with Gasteiger partial charge in [0.1, 0.15) is 17.3 Å². The Labute approximate surface area is 191 Å². The van der Waals surface area contributed by atoms with Gasteiger partial charge in [-0.1, -0.05) is 30.3 Å². The number of pyridine rings is 1. The van der Waals surface area contributed by atoms with Crippen molar-refractivity contribution in [1.29, 1.82) is 0 Å². The van der Waals surface area contributed by atoms with Crippen molar-refractivity contribution < 1.29 is 23.8 Å². The number of benzene rings is 2. The Hall–Kier alpha value is -4.00. The molecule has 1 N–H and O–H groups in total. The molecule has 3 aromatic rings. The summed E-state index contributed by atoms with van der Waals surface area (Å²) >= 11 is 0. The lowest BCUT2D eigenvalue weighted by Gasteiger charge is -2.25. The van der Waals surface area contributed by atoms with Gasteiger partial charge < -0.3 is 14.7 Å². The van der Waals surface area contributed by atoms with Gasteiger partial charge in [0.05, 0.1) is 17.7 Å². The molecule has 7 heteroatoms. The van der Waals surface area contributed by atoms with Crippen LogP contribution < -0.4 is 4.74 Å². The number of ether oxygens (including phenoxy) is 1. The summed E-state index contributed by atoms with van der Waals surface area (Å²) in [6.45, 7) is 3.84. The van der Waals surface area contributed by atoms with Crippen LogP contribution in [0.15, 0.2) is 78.6 Å². The molecule has 6 nitrogen and oxygen atoms in total. The van der Waals surface area contributed by atoms with Crippen molar-refractivity contribution in [2.24, 2.45) is 0 Å². The number of likely N-dealkylation sites (tertiary alicyclic amines) is 1. The fraction of sp³-hybridized carbons (Fsp3) is 0.192. The van der Waals surface area contributed by atoms with Gasteiger partial charge in [-0.05, 0) is 55.3 Å². The van der Waals surface area contributed by atoms with E-state index in [1.54, 1.807) is 60.9 Å². The van der Waals surface area contributed by atoms with Gasteiger partial charge in [0, 0.05) is 24.5 Å². The fourth-order valence-electron chi connectivity index (χ4n) is 3.86. The number of halogens is 1. The minimum atomic E-state index is -0.849. The highest BCUT2D eigenvalue weighted by atomic mass is 19.1. The van der Waals surface area contributed by atoms with Gasteiger partial charge in [-0.15, -0.1) is 0 Å². The second kappa shape index (κ2) is 9.24. The third-order valence-corrected chi connectivity index (χ3v) is 5.29. The maximum atomic E-state index is 13.4. The Balaban J connectivity index is 1.81. The summed E-state index contributed by atoms with van der Waals surface area (Å²) in [5.74, 6) is -1.69. The smallest absolute Gasteiger partial charge is 0.295 e. The van der Waals surface area contributed by atoms with Crippen LogP contribution in [0.1, 0.15) is 36.6 Å². The number of amides is 1. The summed E-state index contributed by atoms with van der Waals surface area (Å²) in [6, 6.07) is 15.0. The van der Waals surface area contributed by atoms with Gasteiger partial charge in [-0.25, -0.2) is 4.39 Å². The summed E-state index contributed by atoms with van der Waals surface area (Å²) < 4.78 is 19.1. The Bertz CT molecular complexity index is 1210. The number of nitrogens with zero attached hydrogens (tertiary/aromatic N) is 2. The number of hydrogen-bond donors (Lipinski definition) is 1. The van der Waals surface area contributed by atoms with Crippen molar-refractivity contribution in [2.45, 2.75) is 32.5 Å². The first kappa shape index (κ1) is 22.2. The lowest BCUT2D eigenvalue weighted by molar-refractivity contribution is -0.140. The van der Waals surface area contributed by atoms with E-state index in [1.165, 1.54) is 17.0 Å². The SMILES string of the molecule is CC(C)Oc1cccc(/C(O)=C2/C(=O)C(=O)N(Cc3ccc(F)cc3)C2c2cccnc2)c1. The zero-order valence-electron chi connectivity index (χ0n) is 18.2. The van der Waals surface area contributed by atoms with Gasteiger partial charge >= 0.3 is 0 Å². The monoisotopic (exact) mass is 446 g/mol. The fourth-order valence-corrected chi connectivity index (χ4v) is 3.86. The van der Waals surface area contributed by atoms with E-state index in [2.05, 4.69) is 4.98 Å². The summed E-state index contributed by atoms with van der Waals surface area (Å²) in [5.41, 5.74) is 1.56. The molecule has 0 radical (unpaired) electrons. The second-order valence-electron chi connectivity index (χ2n) is 8.03. The first-order chi connectivity index (χ1) is 15.8. The lowest BCUT2D eigenvalue weighted by atomic mass is 9.96. The first-order valence-corrected chi connectivity index (χ1v) is 10.5. The summed E-state index contributed by atoms with van der Waals surface area (Å²) in [7, 11) is 0. The van der Waals surface area contributed by atoms with Crippen LogP contribution in [0.4, 0.5) is 4.39 Å². The zero-order chi connectivity index (χ0) is 23.5. The number of carbonyl (C=O) groups is 2. The number of aliphatic hydroxyl groups excluding tert-OH is 1. The zero-order valence-corrected chi connectivity index (χ0v) is 18.2. The summed E-state index contributed by atoms with van der Waals surface area (Å²) in [4.78, 5) is 31.6. The van der Waals surface area contributed by atoms with Crippen LogP contribution in [-0.2, 0) is 16.1 Å². The molecule has 2 aromatic carbocycles. The van der Waals surface area contributed by atoms with Gasteiger partial charge in [0.15, 0.2) is 0 Å². The minimum Gasteiger partial charge on any atom is -0.507 e. The summed E-state index contributed by atoms with van der Waals surface area (Å²) in [5, 5.41) is 11.2. The standard InChI is InChI=1S/C26H23FN2O4/c1-16(2)33-21-7-3-5-18(13-21)24(30)22-23(19-6-4-12-28-14-19)29(26(32)25(22)31)15-17-8-10-20(27)11-9-17/h3-14,16,23,30H,15H2,1-2H3/b24-22-. The van der Waals surface area contributed by atoms with Gasteiger partial charge in [-0.3, -0.25) is 14.6 Å². The molecule has 1 fully saturated rings. The summed E-state index contributed by atoms with van der Waals surface area (Å²) in [6.07, 6.45) is 3.07. The molecule has 0 saturated carbocycles.